The van der Waals surface area contributed by atoms with Crippen LogP contribution in [0.3, 0.4) is 0 Å². The fourth-order valence-corrected chi connectivity index (χ4v) is 5.42. The van der Waals surface area contributed by atoms with Crippen molar-refractivity contribution >= 4 is 5.97 Å². The van der Waals surface area contributed by atoms with Gasteiger partial charge in [-0.25, -0.2) is 4.79 Å². The predicted octanol–water partition coefficient (Wildman–Crippen LogP) is 8.18. The molecule has 0 aromatic heterocycles. The number of carbonyl (C=O) groups is 1. The normalized spacial score (nSPS) is 18.9. The van der Waals surface area contributed by atoms with Crippen LogP contribution in [-0.4, -0.2) is 43.7 Å². The Morgan fingerprint density at radius 2 is 1.36 bits per heavy atom. The van der Waals surface area contributed by atoms with E-state index in [1.165, 1.54) is 103 Å². The summed E-state index contributed by atoms with van der Waals surface area (Å²) in [6, 6.07) is 9.46. The highest BCUT2D eigenvalue weighted by Gasteiger charge is 2.33. The zero-order valence-corrected chi connectivity index (χ0v) is 22.0. The van der Waals surface area contributed by atoms with Gasteiger partial charge in [-0.15, -0.1) is 0 Å². The molecule has 0 radical (unpaired) electrons. The highest BCUT2D eigenvalue weighted by Crippen LogP contribution is 2.29. The minimum absolute atomic E-state index is 0.0748. The summed E-state index contributed by atoms with van der Waals surface area (Å²) in [5.74, 6) is 0.331. The summed E-state index contributed by atoms with van der Waals surface area (Å²) in [6.07, 6.45) is 21.5. The molecule has 0 spiro atoms. The lowest BCUT2D eigenvalue weighted by molar-refractivity contribution is -0.894. The molecule has 188 valence electrons. The smallest absolute Gasteiger partial charge is 0.338 e. The Morgan fingerprint density at radius 3 is 1.97 bits per heavy atom. The van der Waals surface area contributed by atoms with E-state index in [-0.39, 0.29) is 12.1 Å². The van der Waals surface area contributed by atoms with E-state index >= 15 is 0 Å². The first-order chi connectivity index (χ1) is 16.0. The molecule has 1 saturated carbocycles. The minimum Gasteiger partial charge on any atom is -0.458 e. The predicted molar refractivity (Wildman–Crippen MR) is 141 cm³/mol. The van der Waals surface area contributed by atoms with Crippen LogP contribution < -0.4 is 0 Å². The second-order valence-electron chi connectivity index (χ2n) is 11.1. The van der Waals surface area contributed by atoms with Crippen molar-refractivity contribution in [1.29, 1.82) is 0 Å². The molecule has 2 atom stereocenters. The molecule has 3 heteroatoms. The third-order valence-electron chi connectivity index (χ3n) is 7.45. The van der Waals surface area contributed by atoms with Gasteiger partial charge < -0.3 is 9.22 Å². The second-order valence-corrected chi connectivity index (χ2v) is 11.1. The topological polar surface area (TPSA) is 26.3 Å². The first-order valence-corrected chi connectivity index (χ1v) is 14.1. The Hall–Kier alpha value is -1.35. The van der Waals surface area contributed by atoms with Crippen molar-refractivity contribution in [3.8, 4) is 0 Å². The summed E-state index contributed by atoms with van der Waals surface area (Å²) in [4.78, 5) is 12.6. The summed E-state index contributed by atoms with van der Waals surface area (Å²) < 4.78 is 7.05. The monoisotopic (exact) mass is 458 g/mol. The average molecular weight is 459 g/mol. The molecule has 3 nitrogen and oxygen atoms in total. The SMILES string of the molecule is CCCCCCCCCCCCCC[N+](C)(C)C[C@H]1CCCC[C@H]1OC(=O)c1ccccc1. The van der Waals surface area contributed by atoms with Crippen LogP contribution in [0.1, 0.15) is 120 Å². The third kappa shape index (κ3) is 12.1. The van der Waals surface area contributed by atoms with E-state index in [9.17, 15) is 4.79 Å². The number of rotatable bonds is 17. The quantitative estimate of drug-likeness (QED) is 0.134. The number of nitrogens with zero attached hydrogens (tertiary/aromatic N) is 1. The Labute approximate surface area is 204 Å². The first-order valence-electron chi connectivity index (χ1n) is 14.1. The third-order valence-corrected chi connectivity index (χ3v) is 7.45. The van der Waals surface area contributed by atoms with Gasteiger partial charge in [0.25, 0.3) is 0 Å². The van der Waals surface area contributed by atoms with E-state index in [0.29, 0.717) is 11.5 Å². The minimum atomic E-state index is -0.154. The van der Waals surface area contributed by atoms with E-state index in [4.69, 9.17) is 4.74 Å². The van der Waals surface area contributed by atoms with Gasteiger partial charge in [0.15, 0.2) is 0 Å². The van der Waals surface area contributed by atoms with Crippen LogP contribution in [0.4, 0.5) is 0 Å². The van der Waals surface area contributed by atoms with Crippen LogP contribution in [-0.2, 0) is 4.74 Å². The summed E-state index contributed by atoms with van der Waals surface area (Å²) in [5, 5.41) is 0. The molecule has 0 saturated heterocycles. The van der Waals surface area contributed by atoms with E-state index in [0.717, 1.165) is 17.4 Å². The molecule has 1 aromatic rings. The summed E-state index contributed by atoms with van der Waals surface area (Å²) in [5.41, 5.74) is 0.673. The maximum Gasteiger partial charge on any atom is 0.338 e. The molecule has 0 N–H and O–H groups in total. The second kappa shape index (κ2) is 16.3. The van der Waals surface area contributed by atoms with Gasteiger partial charge in [-0.3, -0.25) is 0 Å². The summed E-state index contributed by atoms with van der Waals surface area (Å²) >= 11 is 0. The lowest BCUT2D eigenvalue weighted by Crippen LogP contribution is -2.48. The lowest BCUT2D eigenvalue weighted by atomic mass is 9.85. The van der Waals surface area contributed by atoms with Crippen molar-refractivity contribution in [3.63, 3.8) is 0 Å². The largest absolute Gasteiger partial charge is 0.458 e. The van der Waals surface area contributed by atoms with Gasteiger partial charge in [0.2, 0.25) is 0 Å². The number of hydrogen-bond donors (Lipinski definition) is 0. The van der Waals surface area contributed by atoms with E-state index in [1.807, 2.05) is 30.3 Å². The molecular formula is C30H52NO2+. The number of hydrogen-bond acceptors (Lipinski definition) is 2. The number of carbonyl (C=O) groups excluding carboxylic acids is 1. The molecule has 1 aromatic carbocycles. The molecular weight excluding hydrogens is 406 g/mol. The highest BCUT2D eigenvalue weighted by molar-refractivity contribution is 5.89. The van der Waals surface area contributed by atoms with Crippen molar-refractivity contribution in [1.82, 2.24) is 0 Å². The molecule has 0 amide bonds. The van der Waals surface area contributed by atoms with Gasteiger partial charge in [0.05, 0.1) is 32.7 Å². The van der Waals surface area contributed by atoms with Crippen LogP contribution in [0, 0.1) is 5.92 Å². The Bertz CT molecular complexity index is 627. The Morgan fingerprint density at radius 1 is 0.818 bits per heavy atom. The number of unbranched alkanes of at least 4 members (excludes halogenated alkanes) is 11. The van der Waals surface area contributed by atoms with Gasteiger partial charge in [0, 0.05) is 5.92 Å². The van der Waals surface area contributed by atoms with Crippen LogP contribution in [0.2, 0.25) is 0 Å². The Balaban J connectivity index is 1.60. The average Bonchev–Trinajstić information content (AvgIpc) is 2.81. The zero-order chi connectivity index (χ0) is 23.8. The number of esters is 1. The van der Waals surface area contributed by atoms with Crippen LogP contribution in [0.15, 0.2) is 30.3 Å². The van der Waals surface area contributed by atoms with Gasteiger partial charge >= 0.3 is 5.97 Å². The Kier molecular flexibility index (Phi) is 13.8. The van der Waals surface area contributed by atoms with Crippen molar-refractivity contribution in [3.05, 3.63) is 35.9 Å². The van der Waals surface area contributed by atoms with Crippen LogP contribution >= 0.6 is 0 Å². The van der Waals surface area contributed by atoms with Gasteiger partial charge in [-0.1, -0.05) is 95.8 Å². The van der Waals surface area contributed by atoms with E-state index in [2.05, 4.69) is 21.0 Å². The van der Waals surface area contributed by atoms with Gasteiger partial charge in [-0.05, 0) is 44.2 Å². The molecule has 0 unspecified atom stereocenters. The molecule has 1 aliphatic carbocycles. The summed E-state index contributed by atoms with van der Waals surface area (Å²) in [6.45, 7) is 4.63. The van der Waals surface area contributed by atoms with Crippen molar-refractivity contribution in [2.75, 3.05) is 27.2 Å². The van der Waals surface area contributed by atoms with Gasteiger partial charge in [-0.2, -0.15) is 0 Å². The molecule has 1 aliphatic rings. The summed E-state index contributed by atoms with van der Waals surface area (Å²) in [7, 11) is 4.73. The maximum absolute atomic E-state index is 12.6. The molecule has 0 heterocycles. The molecule has 1 fully saturated rings. The molecule has 2 rings (SSSR count). The fourth-order valence-electron chi connectivity index (χ4n) is 5.42. The lowest BCUT2D eigenvalue weighted by Gasteiger charge is -2.38. The molecule has 33 heavy (non-hydrogen) atoms. The first kappa shape index (κ1) is 27.9. The molecule has 0 aliphatic heterocycles. The number of quaternary nitrogens is 1. The van der Waals surface area contributed by atoms with Crippen molar-refractivity contribution in [2.24, 2.45) is 5.92 Å². The van der Waals surface area contributed by atoms with E-state index in [1.54, 1.807) is 0 Å². The number of ether oxygens (including phenoxy) is 1. The standard InChI is InChI=1S/C30H52NO2/c1-4-5-6-7-8-9-10-11-12-13-14-20-25-31(2,3)26-28-23-18-19-24-29(28)33-30(32)27-21-16-15-17-22-27/h15-17,21-22,28-29H,4-14,18-20,23-26H2,1-3H3/q+1/t28-,29-/m1/s1. The van der Waals surface area contributed by atoms with Crippen molar-refractivity contribution < 1.29 is 14.0 Å². The maximum atomic E-state index is 12.6. The number of benzene rings is 1. The van der Waals surface area contributed by atoms with E-state index < -0.39 is 0 Å². The molecule has 0 bridgehead atoms. The van der Waals surface area contributed by atoms with Crippen molar-refractivity contribution in [2.45, 2.75) is 116 Å². The fraction of sp³-hybridized carbons (Fsp3) is 0.767. The zero-order valence-electron chi connectivity index (χ0n) is 22.0. The van der Waals surface area contributed by atoms with Gasteiger partial charge in [0.1, 0.15) is 6.10 Å². The van der Waals surface area contributed by atoms with Crippen LogP contribution in [0.25, 0.3) is 0 Å². The van der Waals surface area contributed by atoms with Crippen LogP contribution in [0.5, 0.6) is 0 Å². The highest BCUT2D eigenvalue weighted by atomic mass is 16.5.